The highest BCUT2D eigenvalue weighted by Gasteiger charge is 2.23. The lowest BCUT2D eigenvalue weighted by atomic mass is 10.00. The van der Waals surface area contributed by atoms with E-state index in [-0.39, 0.29) is 42.0 Å². The number of halogens is 3. The average molecular weight is 606 g/mol. The number of amides is 2. The van der Waals surface area contributed by atoms with E-state index in [4.69, 9.17) is 0 Å². The Kier molecular flexibility index (Phi) is 11.7. The third-order valence-electron chi connectivity index (χ3n) is 6.49. The Morgan fingerprint density at radius 1 is 0.881 bits per heavy atom. The zero-order chi connectivity index (χ0) is 30.9. The van der Waals surface area contributed by atoms with Crippen molar-refractivity contribution in [3.05, 3.63) is 94.8 Å². The largest absolute Gasteiger partial charge is 0.390 e. The molecule has 0 aromatic heterocycles. The standard InChI is InChI=1S/C30H34F3N3O5S/c1-3-19-5-4-6-20(11-19)17-34-18-28(37)27(14-21-12-22(31)15-23(32)13-21)36-30(39)10-9-29(38)35-26-16-24(42(2,40)41)7-8-25(26)33/h4-8,11-13,15-16,27-28,34,37H,3,9-10,14,17-18H2,1-2H3,(H,35,38)(H,36,39)/t27-,28-/m0/s1. The molecule has 0 fully saturated rings. The Morgan fingerprint density at radius 3 is 2.21 bits per heavy atom. The maximum Gasteiger partial charge on any atom is 0.224 e. The van der Waals surface area contributed by atoms with Crippen LogP contribution in [0.1, 0.15) is 36.5 Å². The molecule has 0 bridgehead atoms. The number of aryl methyl sites for hydroxylation is 1. The van der Waals surface area contributed by atoms with E-state index < -0.39 is 51.2 Å². The number of aliphatic hydroxyl groups is 1. The van der Waals surface area contributed by atoms with Gasteiger partial charge in [-0.1, -0.05) is 31.2 Å². The van der Waals surface area contributed by atoms with E-state index in [1.165, 1.54) is 0 Å². The van der Waals surface area contributed by atoms with Crippen molar-refractivity contribution in [1.82, 2.24) is 10.6 Å². The van der Waals surface area contributed by atoms with Gasteiger partial charge in [0, 0.05) is 38.3 Å². The fourth-order valence-electron chi connectivity index (χ4n) is 4.28. The molecule has 3 aromatic rings. The molecule has 4 N–H and O–H groups in total. The molecule has 0 saturated heterocycles. The molecule has 8 nitrogen and oxygen atoms in total. The normalized spacial score (nSPS) is 12.9. The van der Waals surface area contributed by atoms with Gasteiger partial charge in [-0.2, -0.15) is 0 Å². The van der Waals surface area contributed by atoms with Gasteiger partial charge in [0.15, 0.2) is 9.84 Å². The fourth-order valence-corrected chi connectivity index (χ4v) is 4.93. The van der Waals surface area contributed by atoms with Crippen LogP contribution in [0.25, 0.3) is 0 Å². The Morgan fingerprint density at radius 2 is 1.55 bits per heavy atom. The van der Waals surface area contributed by atoms with E-state index in [1.54, 1.807) is 0 Å². The van der Waals surface area contributed by atoms with Crippen molar-refractivity contribution in [3.8, 4) is 0 Å². The van der Waals surface area contributed by atoms with E-state index in [0.29, 0.717) is 12.6 Å². The van der Waals surface area contributed by atoms with Crippen LogP contribution in [-0.4, -0.2) is 50.3 Å². The third kappa shape index (κ3) is 10.3. The predicted molar refractivity (Wildman–Crippen MR) is 153 cm³/mol. The second kappa shape index (κ2) is 14.9. The number of hydrogen-bond donors (Lipinski definition) is 4. The van der Waals surface area contributed by atoms with E-state index in [1.807, 2.05) is 31.2 Å². The first-order chi connectivity index (χ1) is 19.8. The fraction of sp³-hybridized carbons (Fsp3) is 0.333. The molecule has 0 unspecified atom stereocenters. The lowest BCUT2D eigenvalue weighted by molar-refractivity contribution is -0.125. The Balaban J connectivity index is 1.62. The Hall–Kier alpha value is -3.74. The van der Waals surface area contributed by atoms with Gasteiger partial charge in [-0.05, 0) is 59.9 Å². The molecule has 226 valence electrons. The smallest absolute Gasteiger partial charge is 0.224 e. The van der Waals surface area contributed by atoms with Gasteiger partial charge in [-0.3, -0.25) is 9.59 Å². The molecule has 2 atom stereocenters. The lowest BCUT2D eigenvalue weighted by Gasteiger charge is -2.25. The summed E-state index contributed by atoms with van der Waals surface area (Å²) in [5.41, 5.74) is 2.02. The first-order valence-corrected chi connectivity index (χ1v) is 15.2. The first kappa shape index (κ1) is 32.8. The van der Waals surface area contributed by atoms with Gasteiger partial charge in [-0.25, -0.2) is 21.6 Å². The average Bonchev–Trinajstić information content (AvgIpc) is 2.91. The van der Waals surface area contributed by atoms with Crippen LogP contribution in [0.15, 0.2) is 65.6 Å². The summed E-state index contributed by atoms with van der Waals surface area (Å²) >= 11 is 0. The number of carbonyl (C=O) groups is 2. The van der Waals surface area contributed by atoms with Gasteiger partial charge in [0.2, 0.25) is 11.8 Å². The van der Waals surface area contributed by atoms with Gasteiger partial charge in [-0.15, -0.1) is 0 Å². The van der Waals surface area contributed by atoms with Crippen molar-refractivity contribution < 1.29 is 36.3 Å². The summed E-state index contributed by atoms with van der Waals surface area (Å²) in [6.07, 6.45) is -0.164. The molecule has 0 spiro atoms. The summed E-state index contributed by atoms with van der Waals surface area (Å²) in [5.74, 6) is -3.83. The Labute approximate surface area is 243 Å². The molecule has 3 rings (SSSR count). The molecule has 0 saturated carbocycles. The number of anilines is 1. The highest BCUT2D eigenvalue weighted by Crippen LogP contribution is 2.20. The molecular weight excluding hydrogens is 571 g/mol. The molecule has 0 radical (unpaired) electrons. The van der Waals surface area contributed by atoms with E-state index in [0.717, 1.165) is 54.1 Å². The van der Waals surface area contributed by atoms with Crippen LogP contribution >= 0.6 is 0 Å². The topological polar surface area (TPSA) is 125 Å². The number of sulfone groups is 1. The predicted octanol–water partition coefficient (Wildman–Crippen LogP) is 3.67. The van der Waals surface area contributed by atoms with Crippen LogP contribution in [-0.2, 0) is 38.8 Å². The van der Waals surface area contributed by atoms with Crippen molar-refractivity contribution >= 4 is 27.3 Å². The number of benzene rings is 3. The van der Waals surface area contributed by atoms with Gasteiger partial charge in [0.1, 0.15) is 17.5 Å². The van der Waals surface area contributed by atoms with Gasteiger partial charge in [0.05, 0.1) is 22.7 Å². The van der Waals surface area contributed by atoms with Crippen LogP contribution in [0.4, 0.5) is 18.9 Å². The summed E-state index contributed by atoms with van der Waals surface area (Å²) < 4.78 is 65.2. The molecule has 2 amide bonds. The minimum Gasteiger partial charge on any atom is -0.390 e. The molecule has 0 heterocycles. The van der Waals surface area contributed by atoms with E-state index in [9.17, 15) is 36.3 Å². The summed E-state index contributed by atoms with van der Waals surface area (Å²) in [7, 11) is -3.64. The molecule has 0 aliphatic heterocycles. The molecule has 12 heteroatoms. The molecule has 0 aliphatic rings. The molecule has 3 aromatic carbocycles. The van der Waals surface area contributed by atoms with Crippen molar-refractivity contribution in [1.29, 1.82) is 0 Å². The van der Waals surface area contributed by atoms with Crippen LogP contribution in [0.2, 0.25) is 0 Å². The minimum absolute atomic E-state index is 0.0511. The third-order valence-corrected chi connectivity index (χ3v) is 7.60. The van der Waals surface area contributed by atoms with Crippen LogP contribution < -0.4 is 16.0 Å². The zero-order valence-electron chi connectivity index (χ0n) is 23.3. The van der Waals surface area contributed by atoms with Crippen molar-refractivity contribution in [3.63, 3.8) is 0 Å². The lowest BCUT2D eigenvalue weighted by Crippen LogP contribution is -2.48. The monoisotopic (exact) mass is 605 g/mol. The summed E-state index contributed by atoms with van der Waals surface area (Å²) in [6, 6.07) is 12.8. The maximum atomic E-state index is 14.1. The molecular formula is C30H34F3N3O5S. The number of rotatable bonds is 14. The number of carbonyl (C=O) groups excluding carboxylic acids is 2. The van der Waals surface area contributed by atoms with E-state index in [2.05, 4.69) is 16.0 Å². The van der Waals surface area contributed by atoms with Crippen molar-refractivity contribution in [2.75, 3.05) is 18.1 Å². The zero-order valence-corrected chi connectivity index (χ0v) is 24.1. The summed E-state index contributed by atoms with van der Waals surface area (Å²) in [5, 5.41) is 18.9. The summed E-state index contributed by atoms with van der Waals surface area (Å²) in [6.45, 7) is 2.53. The number of nitrogens with one attached hydrogen (secondary N) is 3. The van der Waals surface area contributed by atoms with Crippen LogP contribution in [0.3, 0.4) is 0 Å². The van der Waals surface area contributed by atoms with Crippen LogP contribution in [0.5, 0.6) is 0 Å². The van der Waals surface area contributed by atoms with Crippen molar-refractivity contribution in [2.45, 2.75) is 56.2 Å². The maximum absolute atomic E-state index is 14.1. The van der Waals surface area contributed by atoms with Gasteiger partial charge >= 0.3 is 0 Å². The quantitative estimate of drug-likeness (QED) is 0.208. The highest BCUT2D eigenvalue weighted by atomic mass is 32.2. The summed E-state index contributed by atoms with van der Waals surface area (Å²) in [4.78, 5) is 24.9. The SMILES string of the molecule is CCc1cccc(CNC[C@H](O)[C@H](Cc2cc(F)cc(F)c2)NC(=O)CCC(=O)Nc2cc(S(C)(=O)=O)ccc2F)c1. The molecule has 42 heavy (non-hydrogen) atoms. The number of hydrogen-bond acceptors (Lipinski definition) is 6. The highest BCUT2D eigenvalue weighted by molar-refractivity contribution is 7.90. The Bertz CT molecular complexity index is 1500. The van der Waals surface area contributed by atoms with Crippen LogP contribution in [0, 0.1) is 17.5 Å². The molecule has 0 aliphatic carbocycles. The first-order valence-electron chi connectivity index (χ1n) is 13.3. The van der Waals surface area contributed by atoms with E-state index >= 15 is 0 Å². The second-order valence-corrected chi connectivity index (χ2v) is 12.0. The van der Waals surface area contributed by atoms with Gasteiger partial charge in [0.25, 0.3) is 0 Å². The van der Waals surface area contributed by atoms with Crippen molar-refractivity contribution in [2.24, 2.45) is 0 Å². The minimum atomic E-state index is -3.64. The van der Waals surface area contributed by atoms with Gasteiger partial charge < -0.3 is 21.1 Å². The second-order valence-electron chi connectivity index (χ2n) is 9.99. The number of aliphatic hydroxyl groups excluding tert-OH is 1.